The number of epoxide rings is 1. The van der Waals surface area contributed by atoms with Gasteiger partial charge in [-0.15, -0.1) is 0 Å². The summed E-state index contributed by atoms with van der Waals surface area (Å²) in [5.74, 6) is 1.50. The molecule has 4 rings (SSSR count). The standard InChI is InChI=1S/C32H48N4O6/c1-19(8-11-26-15-25(16-30(38)40-7)17-32(18-41-32)31(26)39)9-12-28-20(2)14-27(22(4)42-28)34-29(37)13-10-21(3)36-24(6)33-23(5)35-36/h8-11,13,20-22,25-28,31,39H,12,14-18H2,1-7H3,(H,34,37)/b11-8+,13-10-,19-9+/t20-,21?,22+,25+,26-,27+,28-,31+,32+/m0/s1. The SMILES string of the molecule is COC(=O)C[C@H]1C[C@H](/C=C/C(C)=C/C[C@@H]2O[C@H](C)[C@H](NC(=O)/C=C\C(C)n3nc(C)nc3C)C[C@@H]2C)[C@@H](O)[C@]2(CO2)C1. The van der Waals surface area contributed by atoms with E-state index >= 15 is 0 Å². The normalized spacial score (nSPS) is 34.2. The van der Waals surface area contributed by atoms with Crippen LogP contribution < -0.4 is 5.32 Å². The Bertz CT molecular complexity index is 1200. The number of rotatable bonds is 10. The summed E-state index contributed by atoms with van der Waals surface area (Å²) in [6, 6.07) is -0.137. The predicted molar refractivity (Wildman–Crippen MR) is 158 cm³/mol. The van der Waals surface area contributed by atoms with Gasteiger partial charge in [-0.1, -0.05) is 36.8 Å². The van der Waals surface area contributed by atoms with E-state index in [1.807, 2.05) is 33.8 Å². The number of hydrogen-bond donors (Lipinski definition) is 2. The number of aliphatic hydroxyl groups is 1. The molecule has 1 aliphatic carbocycles. The molecule has 1 saturated carbocycles. The molecule has 3 heterocycles. The summed E-state index contributed by atoms with van der Waals surface area (Å²) in [7, 11) is 1.41. The average Bonchev–Trinajstić information content (AvgIpc) is 3.63. The van der Waals surface area contributed by atoms with Crippen molar-refractivity contribution in [2.45, 2.75) is 110 Å². The number of allylic oxidation sites excluding steroid dienone is 3. The van der Waals surface area contributed by atoms with E-state index in [2.05, 4.69) is 47.5 Å². The van der Waals surface area contributed by atoms with Crippen LogP contribution in [0.2, 0.25) is 0 Å². The predicted octanol–water partition coefficient (Wildman–Crippen LogP) is 3.92. The van der Waals surface area contributed by atoms with Crippen LogP contribution in [0.3, 0.4) is 0 Å². The van der Waals surface area contributed by atoms with Gasteiger partial charge in [0.25, 0.3) is 0 Å². The van der Waals surface area contributed by atoms with E-state index in [0.717, 1.165) is 30.7 Å². The van der Waals surface area contributed by atoms with Gasteiger partial charge in [0.15, 0.2) is 0 Å². The summed E-state index contributed by atoms with van der Waals surface area (Å²) in [6.07, 6.45) is 12.4. The molecule has 1 spiro atoms. The molecule has 0 bridgehead atoms. The fourth-order valence-electron chi connectivity index (χ4n) is 6.46. The maximum absolute atomic E-state index is 12.7. The number of carbonyl (C=O) groups is 2. The third-order valence-electron chi connectivity index (χ3n) is 9.02. The van der Waals surface area contributed by atoms with E-state index in [4.69, 9.17) is 14.2 Å². The van der Waals surface area contributed by atoms with Crippen LogP contribution in [0.5, 0.6) is 0 Å². The number of nitrogens with one attached hydrogen (secondary N) is 1. The molecule has 232 valence electrons. The second kappa shape index (κ2) is 13.7. The molecule has 0 aromatic carbocycles. The summed E-state index contributed by atoms with van der Waals surface area (Å²) in [6.45, 7) is 12.5. The topological polar surface area (TPSA) is 128 Å². The Morgan fingerprint density at radius 3 is 2.64 bits per heavy atom. The first kappa shape index (κ1) is 32.1. The van der Waals surface area contributed by atoms with E-state index in [1.165, 1.54) is 7.11 Å². The fraction of sp³-hybridized carbons (Fsp3) is 0.688. The number of carbonyl (C=O) groups excluding carboxylic acids is 2. The Hall–Kier alpha value is -2.82. The third-order valence-corrected chi connectivity index (χ3v) is 9.02. The van der Waals surface area contributed by atoms with Crippen molar-refractivity contribution in [1.82, 2.24) is 20.1 Å². The first-order valence-electron chi connectivity index (χ1n) is 15.2. The molecule has 3 fully saturated rings. The lowest BCUT2D eigenvalue weighted by molar-refractivity contribution is -0.142. The van der Waals surface area contributed by atoms with Gasteiger partial charge in [0.05, 0.1) is 44.1 Å². The molecule has 10 heteroatoms. The van der Waals surface area contributed by atoms with Crippen molar-refractivity contribution < 1.29 is 28.9 Å². The second-order valence-corrected chi connectivity index (χ2v) is 12.5. The third kappa shape index (κ3) is 7.96. The van der Waals surface area contributed by atoms with Crippen molar-refractivity contribution in [2.75, 3.05) is 13.7 Å². The average molecular weight is 585 g/mol. The summed E-state index contributed by atoms with van der Waals surface area (Å²) in [5, 5.41) is 18.4. The minimum Gasteiger partial charge on any atom is -0.469 e. The van der Waals surface area contributed by atoms with Crippen LogP contribution in [0.15, 0.2) is 36.0 Å². The number of aryl methyl sites for hydroxylation is 2. The molecule has 1 aromatic rings. The fourth-order valence-corrected chi connectivity index (χ4v) is 6.46. The second-order valence-electron chi connectivity index (χ2n) is 12.5. The van der Waals surface area contributed by atoms with Crippen LogP contribution in [0.4, 0.5) is 0 Å². The molecule has 1 unspecified atom stereocenters. The van der Waals surface area contributed by atoms with Crippen LogP contribution >= 0.6 is 0 Å². The van der Waals surface area contributed by atoms with Gasteiger partial charge >= 0.3 is 5.97 Å². The summed E-state index contributed by atoms with van der Waals surface area (Å²) in [5.41, 5.74) is 0.583. The van der Waals surface area contributed by atoms with Crippen LogP contribution in [0, 0.1) is 31.6 Å². The number of aromatic nitrogens is 3. The Labute approximate surface area is 249 Å². The van der Waals surface area contributed by atoms with Gasteiger partial charge in [0.1, 0.15) is 17.2 Å². The van der Waals surface area contributed by atoms with E-state index in [0.29, 0.717) is 25.3 Å². The van der Waals surface area contributed by atoms with E-state index in [-0.39, 0.29) is 53.9 Å². The van der Waals surface area contributed by atoms with Crippen LogP contribution in [0.25, 0.3) is 0 Å². The van der Waals surface area contributed by atoms with Gasteiger partial charge in [-0.25, -0.2) is 9.67 Å². The number of nitrogens with zero attached hydrogens (tertiary/aromatic N) is 3. The molecule has 42 heavy (non-hydrogen) atoms. The lowest BCUT2D eigenvalue weighted by Gasteiger charge is -2.39. The minimum atomic E-state index is -0.570. The maximum atomic E-state index is 12.7. The van der Waals surface area contributed by atoms with E-state index in [1.54, 1.807) is 10.8 Å². The zero-order valence-electron chi connectivity index (χ0n) is 26.1. The lowest BCUT2D eigenvalue weighted by atomic mass is 9.71. The molecular weight excluding hydrogens is 536 g/mol. The van der Waals surface area contributed by atoms with Crippen molar-refractivity contribution in [3.63, 3.8) is 0 Å². The van der Waals surface area contributed by atoms with Gasteiger partial charge in [-0.3, -0.25) is 9.59 Å². The first-order chi connectivity index (χ1) is 19.9. The molecule has 2 N–H and O–H groups in total. The van der Waals surface area contributed by atoms with Gasteiger partial charge in [0, 0.05) is 18.4 Å². The van der Waals surface area contributed by atoms with Crippen molar-refractivity contribution in [3.8, 4) is 0 Å². The number of ether oxygens (including phenoxy) is 3. The number of hydrogen-bond acceptors (Lipinski definition) is 8. The highest BCUT2D eigenvalue weighted by atomic mass is 16.6. The monoisotopic (exact) mass is 584 g/mol. The Kier molecular flexibility index (Phi) is 10.4. The zero-order chi connectivity index (χ0) is 30.6. The molecule has 1 amide bonds. The number of esters is 1. The summed E-state index contributed by atoms with van der Waals surface area (Å²) < 4.78 is 18.7. The summed E-state index contributed by atoms with van der Waals surface area (Å²) in [4.78, 5) is 28.8. The van der Waals surface area contributed by atoms with E-state index < -0.39 is 11.7 Å². The highest BCUT2D eigenvalue weighted by Crippen LogP contribution is 2.48. The number of aliphatic hydroxyl groups excluding tert-OH is 1. The smallest absolute Gasteiger partial charge is 0.305 e. The van der Waals surface area contributed by atoms with Crippen molar-refractivity contribution in [3.05, 3.63) is 47.6 Å². The Balaban J connectivity index is 1.26. The van der Waals surface area contributed by atoms with Crippen molar-refractivity contribution in [1.29, 1.82) is 0 Å². The van der Waals surface area contributed by atoms with Gasteiger partial charge in [-0.2, -0.15) is 5.10 Å². The number of amides is 1. The largest absolute Gasteiger partial charge is 0.469 e. The quantitative estimate of drug-likeness (QED) is 0.183. The van der Waals surface area contributed by atoms with Crippen LogP contribution in [-0.2, 0) is 23.8 Å². The zero-order valence-corrected chi connectivity index (χ0v) is 26.1. The molecule has 2 saturated heterocycles. The molecule has 3 aliphatic rings. The van der Waals surface area contributed by atoms with Gasteiger partial charge in [0.2, 0.25) is 5.91 Å². The molecule has 1 aromatic heterocycles. The lowest BCUT2D eigenvalue weighted by Crippen LogP contribution is -2.50. The van der Waals surface area contributed by atoms with Gasteiger partial charge in [-0.05, 0) is 72.1 Å². The molecular formula is C32H48N4O6. The highest BCUT2D eigenvalue weighted by Gasteiger charge is 2.57. The first-order valence-corrected chi connectivity index (χ1v) is 15.2. The highest BCUT2D eigenvalue weighted by molar-refractivity contribution is 5.87. The molecule has 0 radical (unpaired) electrons. The van der Waals surface area contributed by atoms with Crippen LogP contribution in [0.1, 0.15) is 77.5 Å². The van der Waals surface area contributed by atoms with Crippen LogP contribution in [-0.4, -0.2) is 75.4 Å². The minimum absolute atomic E-state index is 0.0541. The van der Waals surface area contributed by atoms with Gasteiger partial charge < -0.3 is 24.6 Å². The van der Waals surface area contributed by atoms with Crippen molar-refractivity contribution >= 4 is 11.9 Å². The Morgan fingerprint density at radius 1 is 1.26 bits per heavy atom. The Morgan fingerprint density at radius 2 is 2.00 bits per heavy atom. The number of methoxy groups -OCH3 is 1. The molecule has 9 atom stereocenters. The molecule has 2 aliphatic heterocycles. The maximum Gasteiger partial charge on any atom is 0.305 e. The molecule has 10 nitrogen and oxygen atoms in total. The van der Waals surface area contributed by atoms with Crippen molar-refractivity contribution in [2.24, 2.45) is 17.8 Å². The summed E-state index contributed by atoms with van der Waals surface area (Å²) >= 11 is 0. The van der Waals surface area contributed by atoms with E-state index in [9.17, 15) is 14.7 Å².